The van der Waals surface area contributed by atoms with Crippen molar-refractivity contribution < 1.29 is 13.2 Å². The van der Waals surface area contributed by atoms with E-state index in [1.807, 2.05) is 17.5 Å². The van der Waals surface area contributed by atoms with E-state index in [1.54, 1.807) is 18.3 Å². The summed E-state index contributed by atoms with van der Waals surface area (Å²) in [7, 11) is -3.64. The average molecular weight is 412 g/mol. The van der Waals surface area contributed by atoms with Crippen molar-refractivity contribution in [2.45, 2.75) is 17.7 Å². The number of sulfonamides is 1. The van der Waals surface area contributed by atoms with Crippen LogP contribution in [0.4, 0.5) is 0 Å². The summed E-state index contributed by atoms with van der Waals surface area (Å²) in [4.78, 5) is 13.4. The first-order valence-electron chi connectivity index (χ1n) is 8.09. The molecule has 6 nitrogen and oxygen atoms in total. The molecule has 1 aliphatic heterocycles. The topological polar surface area (TPSA) is 78.8 Å². The van der Waals surface area contributed by atoms with Gasteiger partial charge in [-0.05, 0) is 48.6 Å². The Kier molecular flexibility index (Phi) is 6.08. The SMILES string of the molecule is O=C(N/N=C/c1cccs1)C1CCCN(S(=O)(=O)c2ccc(Cl)cc2)C1. The van der Waals surface area contributed by atoms with Gasteiger partial charge in [0.1, 0.15) is 0 Å². The highest BCUT2D eigenvalue weighted by Gasteiger charge is 2.33. The van der Waals surface area contributed by atoms with Crippen molar-refractivity contribution in [1.29, 1.82) is 0 Å². The van der Waals surface area contributed by atoms with Gasteiger partial charge in [0, 0.05) is 23.0 Å². The highest BCUT2D eigenvalue weighted by Crippen LogP contribution is 2.24. The van der Waals surface area contributed by atoms with Crippen LogP contribution in [0, 0.1) is 5.92 Å². The van der Waals surface area contributed by atoms with Gasteiger partial charge in [-0.3, -0.25) is 4.79 Å². The van der Waals surface area contributed by atoms with Crippen LogP contribution in [0.2, 0.25) is 5.02 Å². The van der Waals surface area contributed by atoms with Crippen molar-refractivity contribution in [2.24, 2.45) is 11.0 Å². The summed E-state index contributed by atoms with van der Waals surface area (Å²) in [6.45, 7) is 0.540. The predicted molar refractivity (Wildman–Crippen MR) is 103 cm³/mol. The van der Waals surface area contributed by atoms with Gasteiger partial charge in [-0.25, -0.2) is 13.8 Å². The van der Waals surface area contributed by atoms with Crippen LogP contribution in [0.25, 0.3) is 0 Å². The molecule has 0 aliphatic carbocycles. The fraction of sp³-hybridized carbons (Fsp3) is 0.294. The lowest BCUT2D eigenvalue weighted by Crippen LogP contribution is -2.44. The maximum atomic E-state index is 12.8. The van der Waals surface area contributed by atoms with Gasteiger partial charge in [-0.15, -0.1) is 11.3 Å². The second kappa shape index (κ2) is 8.30. The fourth-order valence-corrected chi connectivity index (χ4v) is 4.98. The number of hydrazone groups is 1. The maximum Gasteiger partial charge on any atom is 0.244 e. The minimum Gasteiger partial charge on any atom is -0.273 e. The lowest BCUT2D eigenvalue weighted by Gasteiger charge is -2.30. The number of nitrogens with zero attached hydrogens (tertiary/aromatic N) is 2. The number of hydrogen-bond acceptors (Lipinski definition) is 5. The van der Waals surface area contributed by atoms with Gasteiger partial charge in [0.05, 0.1) is 17.0 Å². The largest absolute Gasteiger partial charge is 0.273 e. The maximum absolute atomic E-state index is 12.8. The zero-order valence-corrected chi connectivity index (χ0v) is 16.2. The molecule has 1 aromatic heterocycles. The van der Waals surface area contributed by atoms with E-state index in [1.165, 1.54) is 27.8 Å². The zero-order valence-electron chi connectivity index (χ0n) is 13.8. The van der Waals surface area contributed by atoms with Gasteiger partial charge in [-0.1, -0.05) is 17.7 Å². The molecule has 138 valence electrons. The lowest BCUT2D eigenvalue weighted by atomic mass is 9.99. The Labute approximate surface area is 161 Å². The Morgan fingerprint density at radius 3 is 2.77 bits per heavy atom. The molecule has 1 N–H and O–H groups in total. The number of thiophene rings is 1. The van der Waals surface area contributed by atoms with E-state index < -0.39 is 15.9 Å². The van der Waals surface area contributed by atoms with E-state index in [-0.39, 0.29) is 17.3 Å². The van der Waals surface area contributed by atoms with Crippen LogP contribution >= 0.6 is 22.9 Å². The van der Waals surface area contributed by atoms with E-state index in [4.69, 9.17) is 11.6 Å². The smallest absolute Gasteiger partial charge is 0.244 e. The number of piperidine rings is 1. The monoisotopic (exact) mass is 411 g/mol. The van der Waals surface area contributed by atoms with Crippen molar-refractivity contribution in [3.8, 4) is 0 Å². The summed E-state index contributed by atoms with van der Waals surface area (Å²) in [5, 5.41) is 6.34. The third-order valence-electron chi connectivity index (χ3n) is 4.12. The molecule has 1 fully saturated rings. The molecule has 1 amide bonds. The van der Waals surface area contributed by atoms with Gasteiger partial charge >= 0.3 is 0 Å². The van der Waals surface area contributed by atoms with E-state index in [2.05, 4.69) is 10.5 Å². The first-order valence-corrected chi connectivity index (χ1v) is 10.8. The number of nitrogens with one attached hydrogen (secondary N) is 1. The third kappa shape index (κ3) is 4.50. The van der Waals surface area contributed by atoms with Crippen molar-refractivity contribution >= 4 is 45.1 Å². The minimum absolute atomic E-state index is 0.144. The van der Waals surface area contributed by atoms with Gasteiger partial charge in [0.2, 0.25) is 15.9 Å². The van der Waals surface area contributed by atoms with Gasteiger partial charge in [-0.2, -0.15) is 9.41 Å². The number of halogens is 1. The van der Waals surface area contributed by atoms with E-state index in [0.717, 1.165) is 4.88 Å². The van der Waals surface area contributed by atoms with Crippen LogP contribution in [0.1, 0.15) is 17.7 Å². The van der Waals surface area contributed by atoms with Crippen LogP contribution in [-0.4, -0.2) is 37.9 Å². The molecule has 0 spiro atoms. The summed E-state index contributed by atoms with van der Waals surface area (Å²) in [5.41, 5.74) is 2.51. The fourth-order valence-electron chi connectivity index (χ4n) is 2.75. The Balaban J connectivity index is 1.64. The van der Waals surface area contributed by atoms with Crippen molar-refractivity contribution in [2.75, 3.05) is 13.1 Å². The molecule has 1 unspecified atom stereocenters. The van der Waals surface area contributed by atoms with E-state index in [0.29, 0.717) is 24.4 Å². The summed E-state index contributed by atoms with van der Waals surface area (Å²) in [6.07, 6.45) is 2.83. The summed E-state index contributed by atoms with van der Waals surface area (Å²) < 4.78 is 26.9. The van der Waals surface area contributed by atoms with E-state index in [9.17, 15) is 13.2 Å². The molecule has 2 heterocycles. The zero-order chi connectivity index (χ0) is 18.6. The average Bonchev–Trinajstić information content (AvgIpc) is 3.15. The summed E-state index contributed by atoms with van der Waals surface area (Å²) >= 11 is 7.34. The molecule has 2 aromatic rings. The van der Waals surface area contributed by atoms with E-state index >= 15 is 0 Å². The van der Waals surface area contributed by atoms with Gasteiger partial charge < -0.3 is 0 Å². The number of rotatable bonds is 5. The molecule has 1 aliphatic rings. The molecule has 0 radical (unpaired) electrons. The van der Waals surface area contributed by atoms with Crippen molar-refractivity contribution in [3.05, 3.63) is 51.7 Å². The Morgan fingerprint density at radius 1 is 1.31 bits per heavy atom. The van der Waals surface area contributed by atoms with Crippen LogP contribution in [0.3, 0.4) is 0 Å². The highest BCUT2D eigenvalue weighted by molar-refractivity contribution is 7.89. The first-order chi connectivity index (χ1) is 12.5. The first kappa shape index (κ1) is 19.0. The van der Waals surface area contributed by atoms with Crippen LogP contribution < -0.4 is 5.43 Å². The normalized spacial score (nSPS) is 18.9. The number of hydrogen-bond donors (Lipinski definition) is 1. The highest BCUT2D eigenvalue weighted by atomic mass is 35.5. The van der Waals surface area contributed by atoms with Gasteiger partial charge in [0.15, 0.2) is 0 Å². The minimum atomic E-state index is -3.64. The molecule has 1 saturated heterocycles. The Bertz CT molecular complexity index is 880. The molecule has 3 rings (SSSR count). The number of carbonyl (C=O) groups excluding carboxylic acids is 1. The Hall–Kier alpha value is -1.74. The standard InChI is InChI=1S/C17H18ClN3O3S2/c18-14-5-7-16(8-6-14)26(23,24)21-9-1-3-13(12-21)17(22)20-19-11-15-4-2-10-25-15/h2,4-8,10-11,13H,1,3,9,12H2,(H,20,22)/b19-11+. The number of amides is 1. The van der Waals surface area contributed by atoms with Crippen molar-refractivity contribution in [1.82, 2.24) is 9.73 Å². The van der Waals surface area contributed by atoms with Crippen LogP contribution in [0.5, 0.6) is 0 Å². The quantitative estimate of drug-likeness (QED) is 0.606. The number of carbonyl (C=O) groups is 1. The summed E-state index contributed by atoms with van der Waals surface area (Å²) in [6, 6.07) is 9.83. The predicted octanol–water partition coefficient (Wildman–Crippen LogP) is 2.95. The van der Waals surface area contributed by atoms with Crippen molar-refractivity contribution in [3.63, 3.8) is 0 Å². The van der Waals surface area contributed by atoms with Crippen LogP contribution in [-0.2, 0) is 14.8 Å². The Morgan fingerprint density at radius 2 is 2.08 bits per heavy atom. The molecule has 26 heavy (non-hydrogen) atoms. The second-order valence-corrected chi connectivity index (χ2v) is 9.26. The van der Waals surface area contributed by atoms with Gasteiger partial charge in [0.25, 0.3) is 0 Å². The molecule has 9 heteroatoms. The molecule has 1 aromatic carbocycles. The van der Waals surface area contributed by atoms with Crippen LogP contribution in [0.15, 0.2) is 51.8 Å². The summed E-state index contributed by atoms with van der Waals surface area (Å²) in [5.74, 6) is -0.694. The lowest BCUT2D eigenvalue weighted by molar-refractivity contribution is -0.126. The molecular weight excluding hydrogens is 394 g/mol. The molecule has 0 saturated carbocycles. The molecular formula is C17H18ClN3O3S2. The molecule has 0 bridgehead atoms. The molecule has 1 atom stereocenters. The second-order valence-electron chi connectivity index (χ2n) is 5.91. The number of benzene rings is 1. The third-order valence-corrected chi connectivity index (χ3v) is 7.05.